The molecule has 0 amide bonds. The van der Waals surface area contributed by atoms with Crippen molar-refractivity contribution in [1.82, 2.24) is 4.98 Å². The Hall–Kier alpha value is -1.29. The molecule has 0 spiro atoms. The predicted molar refractivity (Wildman–Crippen MR) is 115 cm³/mol. The maximum absolute atomic E-state index is 12.1. The molecule has 7 nitrogen and oxygen atoms in total. The second-order valence-corrected chi connectivity index (χ2v) is 9.47. The Kier molecular flexibility index (Phi) is 13.0. The van der Waals surface area contributed by atoms with Crippen molar-refractivity contribution < 1.29 is 28.9 Å². The molecule has 0 aliphatic rings. The van der Waals surface area contributed by atoms with Gasteiger partial charge in [0.05, 0.1) is 32.2 Å². The molecule has 0 radical (unpaired) electrons. The molecule has 9 heteroatoms. The van der Waals surface area contributed by atoms with Gasteiger partial charge in [0.1, 0.15) is 10.6 Å². The number of rotatable bonds is 16. The first-order valence-electron chi connectivity index (χ1n) is 9.62. The van der Waals surface area contributed by atoms with Gasteiger partial charge in [0.2, 0.25) is 0 Å². The van der Waals surface area contributed by atoms with Gasteiger partial charge >= 0.3 is 11.9 Å². The van der Waals surface area contributed by atoms with Gasteiger partial charge in [-0.1, -0.05) is 16.9 Å². The highest BCUT2D eigenvalue weighted by Crippen LogP contribution is 2.29. The number of esters is 1. The lowest BCUT2D eigenvalue weighted by atomic mass is 10.1. The maximum atomic E-state index is 12.1. The van der Waals surface area contributed by atoms with Gasteiger partial charge in [-0.15, -0.1) is 0 Å². The Labute approximate surface area is 180 Å². The first-order valence-corrected chi connectivity index (χ1v) is 11.9. The zero-order chi connectivity index (χ0) is 21.5. The van der Waals surface area contributed by atoms with Crippen LogP contribution in [0.2, 0.25) is 0 Å². The molecule has 0 aromatic carbocycles. The van der Waals surface area contributed by atoms with Crippen molar-refractivity contribution >= 4 is 33.5 Å². The summed E-state index contributed by atoms with van der Waals surface area (Å²) >= 11 is 0. The molecule has 0 aliphatic heterocycles. The van der Waals surface area contributed by atoms with Crippen molar-refractivity contribution in [1.29, 1.82) is 0 Å². The van der Waals surface area contributed by atoms with Crippen LogP contribution in [0.25, 0.3) is 0 Å². The molecule has 1 unspecified atom stereocenters. The van der Waals surface area contributed by atoms with Crippen molar-refractivity contribution in [3.63, 3.8) is 0 Å². The van der Waals surface area contributed by atoms with E-state index in [-0.39, 0.29) is 25.1 Å². The molecule has 164 valence electrons. The fraction of sp³-hybridized carbons (Fsp3) is 0.650. The van der Waals surface area contributed by atoms with Crippen molar-refractivity contribution in [2.45, 2.75) is 63.2 Å². The first kappa shape index (κ1) is 25.7. The average Bonchev–Trinajstić information content (AvgIpc) is 2.65. The predicted octanol–water partition coefficient (Wildman–Crippen LogP) is 4.21. The van der Waals surface area contributed by atoms with E-state index in [0.29, 0.717) is 38.2 Å². The monoisotopic (exact) mass is 445 g/mol. The number of carboxylic acid groups (broad SMARTS) is 1. The van der Waals surface area contributed by atoms with Crippen LogP contribution in [0.1, 0.15) is 46.5 Å². The molecule has 29 heavy (non-hydrogen) atoms. The van der Waals surface area contributed by atoms with Crippen LogP contribution in [-0.2, 0) is 23.8 Å². The Morgan fingerprint density at radius 2 is 2.00 bits per heavy atom. The largest absolute Gasteiger partial charge is 0.481 e. The Morgan fingerprint density at radius 3 is 2.69 bits per heavy atom. The summed E-state index contributed by atoms with van der Waals surface area (Å²) in [5, 5.41) is 9.46. The van der Waals surface area contributed by atoms with Gasteiger partial charge in [0, 0.05) is 25.0 Å². The summed E-state index contributed by atoms with van der Waals surface area (Å²) in [5.41, 5.74) is -0.590. The minimum absolute atomic E-state index is 0.00801. The topological polar surface area (TPSA) is 95.0 Å². The Balaban J connectivity index is 2.09. The number of carboxylic acids is 1. The quantitative estimate of drug-likeness (QED) is 0.228. The smallest absolute Gasteiger partial charge is 0.307 e. The van der Waals surface area contributed by atoms with Crippen LogP contribution in [0.15, 0.2) is 29.4 Å². The number of carbonyl (C=O) groups excluding carboxylic acids is 1. The lowest BCUT2D eigenvalue weighted by Crippen LogP contribution is -2.30. The van der Waals surface area contributed by atoms with Crippen molar-refractivity contribution in [2.75, 3.05) is 25.6 Å². The minimum atomic E-state index is -0.864. The molecule has 1 heterocycles. The first-order chi connectivity index (χ1) is 13.8. The van der Waals surface area contributed by atoms with Gasteiger partial charge in [-0.3, -0.25) is 9.59 Å². The number of ether oxygens (including phenoxy) is 3. The molecule has 1 N–H and O–H groups in total. The van der Waals surface area contributed by atoms with Crippen LogP contribution in [0.3, 0.4) is 0 Å². The summed E-state index contributed by atoms with van der Waals surface area (Å²) in [7, 11) is 3.13. The number of aromatic nitrogens is 1. The van der Waals surface area contributed by atoms with Crippen molar-refractivity contribution in [2.24, 2.45) is 0 Å². The number of nitrogens with zero attached hydrogens (tertiary/aromatic N) is 1. The lowest BCUT2D eigenvalue weighted by Gasteiger charge is -2.26. The van der Waals surface area contributed by atoms with E-state index in [1.54, 1.807) is 27.8 Å². The molecule has 1 aromatic heterocycles. The van der Waals surface area contributed by atoms with Crippen molar-refractivity contribution in [3.05, 3.63) is 24.4 Å². The third-order valence-corrected chi connectivity index (χ3v) is 6.06. The third kappa shape index (κ3) is 14.4. The summed E-state index contributed by atoms with van der Waals surface area (Å²) < 4.78 is 16.6. The lowest BCUT2D eigenvalue weighted by molar-refractivity contribution is -0.157. The molecular formula is C20H31NO6S2. The van der Waals surface area contributed by atoms with Gasteiger partial charge in [0.15, 0.2) is 0 Å². The van der Waals surface area contributed by atoms with E-state index < -0.39 is 11.6 Å². The van der Waals surface area contributed by atoms with E-state index in [4.69, 9.17) is 19.3 Å². The van der Waals surface area contributed by atoms with Crippen LogP contribution in [-0.4, -0.2) is 59.3 Å². The molecule has 0 aliphatic carbocycles. The Morgan fingerprint density at radius 1 is 1.21 bits per heavy atom. The highest BCUT2D eigenvalue weighted by atomic mass is 33.1. The maximum Gasteiger partial charge on any atom is 0.307 e. The molecule has 0 saturated carbocycles. The van der Waals surface area contributed by atoms with Crippen LogP contribution in [0.5, 0.6) is 0 Å². The summed E-state index contributed by atoms with van der Waals surface area (Å²) in [6, 6.07) is 5.74. The third-order valence-electron chi connectivity index (χ3n) is 3.80. The van der Waals surface area contributed by atoms with Crippen LogP contribution in [0.4, 0.5) is 0 Å². The Bertz CT molecular complexity index is 600. The normalized spacial score (nSPS) is 12.5. The molecular weight excluding hydrogens is 414 g/mol. The molecule has 0 bridgehead atoms. The standard InChI is InChI=1S/C20H31NO6S2/c1-16(7-12-25-13-8-18(22)23)26-14-10-20(2,3)27-19(24)9-15-28-29-17-6-4-5-11-21-17/h4-6,11,16H,7-10,12-15H2,1-3H3,(H,22,23). The number of aliphatic carboxylic acids is 1. The van der Waals surface area contributed by atoms with E-state index in [0.717, 1.165) is 5.03 Å². The van der Waals surface area contributed by atoms with E-state index in [1.807, 2.05) is 39.0 Å². The van der Waals surface area contributed by atoms with Gasteiger partial charge in [-0.05, 0) is 50.1 Å². The number of hydrogen-bond donors (Lipinski definition) is 1. The summed E-state index contributed by atoms with van der Waals surface area (Å²) in [4.78, 5) is 26.7. The second kappa shape index (κ2) is 14.7. The molecule has 1 rings (SSSR count). The van der Waals surface area contributed by atoms with E-state index in [9.17, 15) is 9.59 Å². The minimum Gasteiger partial charge on any atom is -0.481 e. The van der Waals surface area contributed by atoms with Crippen LogP contribution >= 0.6 is 21.6 Å². The highest BCUT2D eigenvalue weighted by molar-refractivity contribution is 8.76. The molecule has 0 saturated heterocycles. The number of pyridine rings is 1. The van der Waals surface area contributed by atoms with Gasteiger partial charge < -0.3 is 19.3 Å². The second-order valence-electron chi connectivity index (χ2n) is 7.03. The van der Waals surface area contributed by atoms with E-state index >= 15 is 0 Å². The average molecular weight is 446 g/mol. The van der Waals surface area contributed by atoms with Crippen molar-refractivity contribution in [3.8, 4) is 0 Å². The summed E-state index contributed by atoms with van der Waals surface area (Å²) in [5.74, 6) is -0.424. The van der Waals surface area contributed by atoms with Gasteiger partial charge in [-0.25, -0.2) is 4.98 Å². The van der Waals surface area contributed by atoms with Crippen LogP contribution < -0.4 is 0 Å². The van der Waals surface area contributed by atoms with Gasteiger partial charge in [0.25, 0.3) is 0 Å². The number of carbonyl (C=O) groups is 2. The fourth-order valence-electron chi connectivity index (χ4n) is 2.13. The SMILES string of the molecule is CC(CCOCCC(=O)O)OCCC(C)(C)OC(=O)CCSSc1ccccn1. The van der Waals surface area contributed by atoms with Gasteiger partial charge in [-0.2, -0.15) is 0 Å². The van der Waals surface area contributed by atoms with E-state index in [1.165, 1.54) is 0 Å². The number of hydrogen-bond acceptors (Lipinski definition) is 8. The zero-order valence-corrected chi connectivity index (χ0v) is 18.9. The zero-order valence-electron chi connectivity index (χ0n) is 17.3. The molecule has 1 aromatic rings. The highest BCUT2D eigenvalue weighted by Gasteiger charge is 2.23. The molecule has 0 fully saturated rings. The van der Waals surface area contributed by atoms with E-state index in [2.05, 4.69) is 4.98 Å². The summed E-state index contributed by atoms with van der Waals surface area (Å²) in [6.45, 7) is 6.84. The summed E-state index contributed by atoms with van der Waals surface area (Å²) in [6.07, 6.45) is 3.37. The molecule has 1 atom stereocenters. The fourth-order valence-corrected chi connectivity index (χ4v) is 3.98. The van der Waals surface area contributed by atoms with Crippen LogP contribution in [0, 0.1) is 0 Å².